The van der Waals surface area contributed by atoms with Crippen molar-refractivity contribution in [2.24, 2.45) is 0 Å². The number of hydrogen-bond acceptors (Lipinski definition) is 1. The lowest BCUT2D eigenvalue weighted by atomic mass is 9.67. The first-order valence-corrected chi connectivity index (χ1v) is 23.6. The van der Waals surface area contributed by atoms with Crippen molar-refractivity contribution in [3.8, 4) is 44.5 Å². The second-order valence-corrected chi connectivity index (χ2v) is 17.9. The van der Waals surface area contributed by atoms with Crippen molar-refractivity contribution in [3.05, 3.63) is 295 Å². The average molecular weight is 864 g/mol. The van der Waals surface area contributed by atoms with Gasteiger partial charge in [0, 0.05) is 22.3 Å². The summed E-state index contributed by atoms with van der Waals surface area (Å²) in [5.74, 6) is 0. The molecule has 0 radical (unpaired) electrons. The molecule has 13 rings (SSSR count). The van der Waals surface area contributed by atoms with Crippen LogP contribution < -0.4 is 4.90 Å². The maximum atomic E-state index is 2.52. The van der Waals surface area contributed by atoms with Gasteiger partial charge in [0.15, 0.2) is 0 Å². The first-order chi connectivity index (χ1) is 33.8. The molecule has 0 unspecified atom stereocenters. The van der Waals surface area contributed by atoms with Gasteiger partial charge in [-0.1, -0.05) is 249 Å². The fraction of sp³-hybridized carbons (Fsp3) is 0.0149. The topological polar surface area (TPSA) is 3.24 Å². The lowest BCUT2D eigenvalue weighted by Gasteiger charge is -2.35. The monoisotopic (exact) mass is 863 g/mol. The highest BCUT2D eigenvalue weighted by molar-refractivity contribution is 6.24. The third kappa shape index (κ3) is 6.24. The molecular weight excluding hydrogens is 819 g/mol. The second-order valence-electron chi connectivity index (χ2n) is 17.9. The van der Waals surface area contributed by atoms with Crippen molar-refractivity contribution in [1.29, 1.82) is 0 Å². The minimum atomic E-state index is -0.501. The van der Waals surface area contributed by atoms with Gasteiger partial charge >= 0.3 is 0 Å². The molecule has 0 bridgehead atoms. The molecule has 0 N–H and O–H groups in total. The van der Waals surface area contributed by atoms with Gasteiger partial charge in [0.05, 0.1) is 11.1 Å². The molecule has 0 fully saturated rings. The van der Waals surface area contributed by atoms with E-state index >= 15 is 0 Å². The Hall–Kier alpha value is -8.78. The highest BCUT2D eigenvalue weighted by Gasteiger charge is 2.45. The van der Waals surface area contributed by atoms with Crippen LogP contribution in [0.4, 0.5) is 17.1 Å². The molecule has 0 spiro atoms. The van der Waals surface area contributed by atoms with Crippen LogP contribution >= 0.6 is 0 Å². The minimum absolute atomic E-state index is 0.501. The molecule has 0 saturated heterocycles. The molecule has 0 atom stereocenters. The molecular formula is C67H45N. The van der Waals surface area contributed by atoms with Gasteiger partial charge in [0.25, 0.3) is 0 Å². The number of fused-ring (bicyclic) bond motifs is 7. The van der Waals surface area contributed by atoms with Crippen LogP contribution in [0, 0.1) is 0 Å². The van der Waals surface area contributed by atoms with Crippen molar-refractivity contribution >= 4 is 49.4 Å². The zero-order valence-corrected chi connectivity index (χ0v) is 37.4. The average Bonchev–Trinajstić information content (AvgIpc) is 3.73. The Morgan fingerprint density at radius 3 is 1.26 bits per heavy atom. The summed E-state index contributed by atoms with van der Waals surface area (Å²) in [4.78, 5) is 2.52. The van der Waals surface area contributed by atoms with Crippen LogP contribution in [-0.2, 0) is 5.41 Å². The van der Waals surface area contributed by atoms with E-state index in [4.69, 9.17) is 0 Å². The summed E-state index contributed by atoms with van der Waals surface area (Å²) in [5, 5.41) is 7.32. The molecule has 1 aliphatic carbocycles. The summed E-state index contributed by atoms with van der Waals surface area (Å²) in [6.07, 6.45) is 0. The van der Waals surface area contributed by atoms with Crippen LogP contribution in [0.15, 0.2) is 273 Å². The predicted octanol–water partition coefficient (Wildman–Crippen LogP) is 18.0. The Morgan fingerprint density at radius 2 is 0.647 bits per heavy atom. The lowest BCUT2D eigenvalue weighted by molar-refractivity contribution is 0.768. The van der Waals surface area contributed by atoms with Crippen LogP contribution in [-0.4, -0.2) is 0 Å². The summed E-state index contributed by atoms with van der Waals surface area (Å²) in [6.45, 7) is 0. The Kier molecular flexibility index (Phi) is 9.47. The largest absolute Gasteiger partial charge is 0.309 e. The molecule has 0 amide bonds. The Labute approximate surface area is 397 Å². The van der Waals surface area contributed by atoms with E-state index in [0.29, 0.717) is 0 Å². The smallest absolute Gasteiger partial charge is 0.0713 e. The maximum Gasteiger partial charge on any atom is 0.0713 e. The maximum absolute atomic E-state index is 2.52. The van der Waals surface area contributed by atoms with Gasteiger partial charge in [-0.2, -0.15) is 0 Å². The van der Waals surface area contributed by atoms with E-state index in [2.05, 4.69) is 278 Å². The first kappa shape index (κ1) is 39.6. The van der Waals surface area contributed by atoms with E-state index in [9.17, 15) is 0 Å². The van der Waals surface area contributed by atoms with Gasteiger partial charge in [-0.25, -0.2) is 0 Å². The number of nitrogens with zero attached hydrogens (tertiary/aromatic N) is 1. The zero-order valence-electron chi connectivity index (χ0n) is 37.4. The van der Waals surface area contributed by atoms with Crippen LogP contribution in [0.5, 0.6) is 0 Å². The van der Waals surface area contributed by atoms with Crippen LogP contribution in [0.1, 0.15) is 22.3 Å². The van der Waals surface area contributed by atoms with Gasteiger partial charge in [0.1, 0.15) is 0 Å². The zero-order chi connectivity index (χ0) is 45.0. The fourth-order valence-corrected chi connectivity index (χ4v) is 11.3. The summed E-state index contributed by atoms with van der Waals surface area (Å²) >= 11 is 0. The van der Waals surface area contributed by atoms with Gasteiger partial charge in [-0.3, -0.25) is 0 Å². The molecule has 0 saturated carbocycles. The molecule has 12 aromatic carbocycles. The van der Waals surface area contributed by atoms with Gasteiger partial charge < -0.3 is 4.90 Å². The number of hydrogen-bond donors (Lipinski definition) is 0. The molecule has 12 aromatic rings. The minimum Gasteiger partial charge on any atom is -0.309 e. The summed E-state index contributed by atoms with van der Waals surface area (Å²) < 4.78 is 0. The summed E-state index contributed by atoms with van der Waals surface area (Å²) in [5.41, 5.74) is 17.7. The van der Waals surface area contributed by atoms with Gasteiger partial charge in [-0.15, -0.1) is 0 Å². The van der Waals surface area contributed by atoms with Crippen LogP contribution in [0.25, 0.3) is 76.8 Å². The van der Waals surface area contributed by atoms with Crippen molar-refractivity contribution < 1.29 is 0 Å². The van der Waals surface area contributed by atoms with Gasteiger partial charge in [-0.05, 0) is 112 Å². The molecule has 0 aromatic heterocycles. The van der Waals surface area contributed by atoms with Crippen molar-refractivity contribution in [3.63, 3.8) is 0 Å². The molecule has 1 heteroatoms. The highest BCUT2D eigenvalue weighted by atomic mass is 15.1. The lowest BCUT2D eigenvalue weighted by Crippen LogP contribution is -2.28. The Balaban J connectivity index is 1.06. The molecule has 1 aliphatic rings. The second kappa shape index (κ2) is 16.3. The summed E-state index contributed by atoms with van der Waals surface area (Å²) in [7, 11) is 0. The number of benzene rings is 12. The van der Waals surface area contributed by atoms with Gasteiger partial charge in [0.2, 0.25) is 0 Å². The van der Waals surface area contributed by atoms with E-state index in [1.807, 2.05) is 0 Å². The van der Waals surface area contributed by atoms with E-state index in [1.54, 1.807) is 0 Å². The standard InChI is InChI=1S/C67H45N/c1-3-18-46(19-4-1)47-34-36-48(37-35-47)49-38-42-53(43-39-49)68(66-62-30-12-10-26-57(62)56-25-9-11-29-61(56)65(66)60-31-17-21-50-20-7-8-24-55(50)60)54-44-40-52(41-45-54)67(51-22-5-2-6-23-51)63-32-15-13-27-58(63)59-28-14-16-33-64(59)67/h1-45H. The fourth-order valence-electron chi connectivity index (χ4n) is 11.3. The quantitative estimate of drug-likeness (QED) is 0.138. The van der Waals surface area contributed by atoms with E-state index in [-0.39, 0.29) is 0 Å². The first-order valence-electron chi connectivity index (χ1n) is 23.6. The number of rotatable bonds is 8. The Bertz CT molecular complexity index is 3760. The third-order valence-corrected chi connectivity index (χ3v) is 14.4. The molecule has 68 heavy (non-hydrogen) atoms. The van der Waals surface area contributed by atoms with E-state index in [0.717, 1.165) is 17.1 Å². The SMILES string of the molecule is c1ccc(-c2ccc(-c3ccc(N(c4ccc(C5(c6ccccc6)c6ccccc6-c6ccccc65)cc4)c4c(-c5cccc6ccccc56)c5ccccc5c5ccccc45)cc3)cc2)cc1. The van der Waals surface area contributed by atoms with Crippen LogP contribution in [0.3, 0.4) is 0 Å². The van der Waals surface area contributed by atoms with Crippen LogP contribution in [0.2, 0.25) is 0 Å². The Morgan fingerprint density at radius 1 is 0.250 bits per heavy atom. The molecule has 0 heterocycles. The summed E-state index contributed by atoms with van der Waals surface area (Å²) in [6, 6.07) is 101. The highest BCUT2D eigenvalue weighted by Crippen LogP contribution is 2.57. The predicted molar refractivity (Wildman–Crippen MR) is 287 cm³/mol. The van der Waals surface area contributed by atoms with Crippen molar-refractivity contribution in [1.82, 2.24) is 0 Å². The normalized spacial score (nSPS) is 12.5. The molecule has 318 valence electrons. The molecule has 0 aliphatic heterocycles. The van der Waals surface area contributed by atoms with Crippen molar-refractivity contribution in [2.75, 3.05) is 4.90 Å². The van der Waals surface area contributed by atoms with E-state index in [1.165, 1.54) is 99.1 Å². The van der Waals surface area contributed by atoms with E-state index < -0.39 is 5.41 Å². The van der Waals surface area contributed by atoms with Crippen molar-refractivity contribution in [2.45, 2.75) is 5.41 Å². The number of anilines is 3. The molecule has 1 nitrogen and oxygen atoms in total. The third-order valence-electron chi connectivity index (χ3n) is 14.4.